The van der Waals surface area contributed by atoms with Crippen LogP contribution in [0.1, 0.15) is 38.5 Å². The Bertz CT molecular complexity index is 670. The summed E-state index contributed by atoms with van der Waals surface area (Å²) in [5.74, 6) is -1.80. The van der Waals surface area contributed by atoms with Gasteiger partial charge in [0.05, 0.1) is 0 Å². The first-order chi connectivity index (χ1) is 13.2. The smallest absolute Gasteiger partial charge is 0.451 e. The molecule has 0 aromatic heterocycles. The standard InChI is InChI=1S/C16H31BN4O6S/c18-16(15(22)23)11-20(10-12(16)3-1-7-17(24)25)28(26,27)21(13-5-6-13)14-4-2-8-19-9-14/h12-14,19,24-25H,1-11,18H2,(H,22,23)/t12-,14?,16-/m0/s1. The second kappa shape index (κ2) is 8.54. The lowest BCUT2D eigenvalue weighted by molar-refractivity contribution is -0.144. The van der Waals surface area contributed by atoms with Gasteiger partial charge in [-0.3, -0.25) is 4.79 Å². The predicted molar refractivity (Wildman–Crippen MR) is 104 cm³/mol. The summed E-state index contributed by atoms with van der Waals surface area (Å²) in [6.07, 6.45) is 4.14. The Hall–Kier alpha value is -0.755. The van der Waals surface area contributed by atoms with Crippen molar-refractivity contribution in [3.05, 3.63) is 0 Å². The zero-order valence-electron chi connectivity index (χ0n) is 16.0. The van der Waals surface area contributed by atoms with Crippen LogP contribution in [0.3, 0.4) is 0 Å². The first-order valence-electron chi connectivity index (χ1n) is 10.0. The molecule has 1 aliphatic carbocycles. The molecule has 3 fully saturated rings. The molecule has 0 spiro atoms. The second-order valence-electron chi connectivity index (χ2n) is 8.32. The van der Waals surface area contributed by atoms with E-state index in [0.29, 0.717) is 19.4 Å². The van der Waals surface area contributed by atoms with Crippen LogP contribution in [0.4, 0.5) is 0 Å². The fourth-order valence-electron chi connectivity index (χ4n) is 4.40. The maximum absolute atomic E-state index is 13.4. The van der Waals surface area contributed by atoms with Crippen LogP contribution in [0.2, 0.25) is 6.32 Å². The van der Waals surface area contributed by atoms with E-state index >= 15 is 0 Å². The number of nitrogens with zero attached hydrogens (tertiary/aromatic N) is 2. The van der Waals surface area contributed by atoms with Gasteiger partial charge >= 0.3 is 13.1 Å². The molecule has 160 valence electrons. The Kier molecular flexibility index (Phi) is 6.70. The highest BCUT2D eigenvalue weighted by atomic mass is 32.2. The number of carboxylic acids is 1. The zero-order chi connectivity index (χ0) is 20.5. The number of hydrogen-bond acceptors (Lipinski definition) is 7. The van der Waals surface area contributed by atoms with Crippen LogP contribution in [-0.4, -0.2) is 89.1 Å². The highest BCUT2D eigenvalue weighted by molar-refractivity contribution is 7.86. The normalized spacial score (nSPS) is 32.0. The van der Waals surface area contributed by atoms with E-state index in [2.05, 4.69) is 5.32 Å². The maximum atomic E-state index is 13.4. The van der Waals surface area contributed by atoms with Crippen LogP contribution < -0.4 is 11.1 Å². The summed E-state index contributed by atoms with van der Waals surface area (Å²) < 4.78 is 29.7. The minimum Gasteiger partial charge on any atom is -0.480 e. The van der Waals surface area contributed by atoms with Gasteiger partial charge in [-0.1, -0.05) is 6.42 Å². The number of piperidine rings is 1. The number of carbonyl (C=O) groups is 1. The average molecular weight is 418 g/mol. The number of hydrogen-bond donors (Lipinski definition) is 5. The van der Waals surface area contributed by atoms with E-state index in [0.717, 1.165) is 32.2 Å². The Labute approximate surface area is 166 Å². The third kappa shape index (κ3) is 4.53. The molecule has 2 heterocycles. The van der Waals surface area contributed by atoms with Crippen LogP contribution in [0.5, 0.6) is 0 Å². The van der Waals surface area contributed by atoms with Gasteiger partial charge in [0.2, 0.25) is 0 Å². The lowest BCUT2D eigenvalue weighted by Gasteiger charge is -2.36. The SMILES string of the molecule is N[C@@]1(C(=O)O)CN(S(=O)(=O)N(C2CC2)C2CCCNC2)C[C@@H]1CCCB(O)O. The predicted octanol–water partition coefficient (Wildman–Crippen LogP) is -1.59. The van der Waals surface area contributed by atoms with Crippen molar-refractivity contribution < 1.29 is 28.4 Å². The Balaban J connectivity index is 1.77. The Morgan fingerprint density at radius 3 is 2.54 bits per heavy atom. The monoisotopic (exact) mass is 418 g/mol. The topological polar surface area (TPSA) is 156 Å². The molecule has 12 heteroatoms. The third-order valence-electron chi connectivity index (χ3n) is 6.13. The first kappa shape index (κ1) is 21.9. The van der Waals surface area contributed by atoms with Crippen LogP contribution in [0.25, 0.3) is 0 Å². The van der Waals surface area contributed by atoms with Crippen molar-refractivity contribution in [1.82, 2.24) is 13.9 Å². The van der Waals surface area contributed by atoms with Gasteiger partial charge in [-0.2, -0.15) is 17.0 Å². The van der Waals surface area contributed by atoms with E-state index < -0.39 is 34.8 Å². The summed E-state index contributed by atoms with van der Waals surface area (Å²) in [5, 5.41) is 31.0. The van der Waals surface area contributed by atoms with E-state index in [-0.39, 0.29) is 31.5 Å². The van der Waals surface area contributed by atoms with Gasteiger partial charge in [-0.15, -0.1) is 0 Å². The zero-order valence-corrected chi connectivity index (χ0v) is 16.9. The summed E-state index contributed by atoms with van der Waals surface area (Å²) >= 11 is 0. The number of carboxylic acid groups (broad SMARTS) is 1. The van der Waals surface area contributed by atoms with Crippen LogP contribution in [0.15, 0.2) is 0 Å². The summed E-state index contributed by atoms with van der Waals surface area (Å²) in [5.41, 5.74) is 4.49. The molecule has 28 heavy (non-hydrogen) atoms. The maximum Gasteiger partial charge on any atom is 0.451 e. The van der Waals surface area contributed by atoms with Gasteiger partial charge in [0.1, 0.15) is 5.54 Å². The molecule has 1 unspecified atom stereocenters. The molecule has 0 amide bonds. The van der Waals surface area contributed by atoms with Crippen LogP contribution in [-0.2, 0) is 15.0 Å². The lowest BCUT2D eigenvalue weighted by Crippen LogP contribution is -2.57. The van der Waals surface area contributed by atoms with Gasteiger partial charge < -0.3 is 26.2 Å². The van der Waals surface area contributed by atoms with Gasteiger partial charge in [-0.05, 0) is 45.0 Å². The minimum absolute atomic E-state index is 0.0181. The van der Waals surface area contributed by atoms with E-state index in [4.69, 9.17) is 15.8 Å². The van der Waals surface area contributed by atoms with E-state index in [1.54, 1.807) is 4.31 Å². The Morgan fingerprint density at radius 2 is 2.00 bits per heavy atom. The van der Waals surface area contributed by atoms with Gasteiger partial charge in [0, 0.05) is 37.6 Å². The molecule has 0 radical (unpaired) electrons. The second-order valence-corrected chi connectivity index (χ2v) is 10.1. The summed E-state index contributed by atoms with van der Waals surface area (Å²) in [6.45, 7) is 1.26. The van der Waals surface area contributed by atoms with Crippen molar-refractivity contribution in [2.75, 3.05) is 26.2 Å². The van der Waals surface area contributed by atoms with Crippen molar-refractivity contribution in [3.63, 3.8) is 0 Å². The molecular weight excluding hydrogens is 387 g/mol. The largest absolute Gasteiger partial charge is 0.480 e. The van der Waals surface area contributed by atoms with Crippen molar-refractivity contribution >= 4 is 23.3 Å². The quantitative estimate of drug-likeness (QED) is 0.281. The number of nitrogens with one attached hydrogen (secondary N) is 1. The highest BCUT2D eigenvalue weighted by Gasteiger charge is 2.55. The molecule has 10 nitrogen and oxygen atoms in total. The van der Waals surface area contributed by atoms with Gasteiger partial charge in [0.15, 0.2) is 0 Å². The summed E-state index contributed by atoms with van der Waals surface area (Å²) in [6, 6.07) is -0.137. The molecular formula is C16H31BN4O6S. The lowest BCUT2D eigenvalue weighted by atomic mass is 9.78. The molecule has 1 saturated carbocycles. The minimum atomic E-state index is -3.83. The molecule has 2 saturated heterocycles. The van der Waals surface area contributed by atoms with Crippen LogP contribution in [0, 0.1) is 5.92 Å². The molecule has 0 aromatic carbocycles. The first-order valence-corrected chi connectivity index (χ1v) is 11.4. The van der Waals surface area contributed by atoms with Crippen LogP contribution >= 0.6 is 0 Å². The Morgan fingerprint density at radius 1 is 1.29 bits per heavy atom. The van der Waals surface area contributed by atoms with E-state index in [1.807, 2.05) is 0 Å². The number of rotatable bonds is 9. The van der Waals surface area contributed by atoms with E-state index in [1.165, 1.54) is 4.31 Å². The molecule has 3 rings (SSSR count). The van der Waals surface area contributed by atoms with Gasteiger partial charge in [-0.25, -0.2) is 0 Å². The molecule has 2 aliphatic heterocycles. The fourth-order valence-corrected chi connectivity index (χ4v) is 6.55. The molecule has 3 atom stereocenters. The third-order valence-corrected chi connectivity index (χ3v) is 8.19. The number of aliphatic carboxylic acids is 1. The molecule has 6 N–H and O–H groups in total. The molecule has 3 aliphatic rings. The van der Waals surface area contributed by atoms with E-state index in [9.17, 15) is 18.3 Å². The van der Waals surface area contributed by atoms with Crippen molar-refractivity contribution in [2.45, 2.75) is 62.5 Å². The summed E-state index contributed by atoms with van der Waals surface area (Å²) in [4.78, 5) is 11.9. The number of nitrogens with two attached hydrogens (primary N) is 1. The fraction of sp³-hybridized carbons (Fsp3) is 0.938. The molecule has 0 bridgehead atoms. The molecule has 0 aromatic rings. The average Bonchev–Trinajstić information content (AvgIpc) is 3.38. The van der Waals surface area contributed by atoms with Crippen molar-refractivity contribution in [2.24, 2.45) is 11.7 Å². The summed E-state index contributed by atoms with van der Waals surface area (Å²) in [7, 11) is -5.30. The van der Waals surface area contributed by atoms with Crippen molar-refractivity contribution in [1.29, 1.82) is 0 Å². The van der Waals surface area contributed by atoms with Crippen molar-refractivity contribution in [3.8, 4) is 0 Å². The highest BCUT2D eigenvalue weighted by Crippen LogP contribution is 2.38. The van der Waals surface area contributed by atoms with Gasteiger partial charge in [0.25, 0.3) is 10.2 Å².